The van der Waals surface area contributed by atoms with Crippen molar-refractivity contribution in [2.45, 2.75) is 25.7 Å². The lowest BCUT2D eigenvalue weighted by Crippen LogP contribution is -2.27. The second-order valence-corrected chi connectivity index (χ2v) is 5.33. The summed E-state index contributed by atoms with van der Waals surface area (Å²) in [5, 5.41) is 17.2. The molecular weight excluding hydrogens is 270 g/mol. The highest BCUT2D eigenvalue weighted by molar-refractivity contribution is 6.01. The zero-order valence-electron chi connectivity index (χ0n) is 12.2. The topological polar surface area (TPSA) is 101 Å². The van der Waals surface area contributed by atoms with Gasteiger partial charge in [-0.25, -0.2) is 4.68 Å². The lowest BCUT2D eigenvalue weighted by molar-refractivity contribution is 0.102. The predicted molar refractivity (Wildman–Crippen MR) is 77.1 cm³/mol. The Morgan fingerprint density at radius 2 is 2.19 bits per heavy atom. The average molecular weight is 289 g/mol. The van der Waals surface area contributed by atoms with Gasteiger partial charge in [0.25, 0.3) is 5.91 Å². The number of nitrogens with one attached hydrogen (secondary N) is 3. The van der Waals surface area contributed by atoms with Crippen LogP contribution in [0.25, 0.3) is 0 Å². The third-order valence-electron chi connectivity index (χ3n) is 3.65. The molecule has 3 rings (SSSR count). The average Bonchev–Trinajstić information content (AvgIpc) is 3.07. The third-order valence-corrected chi connectivity index (χ3v) is 3.65. The number of amides is 1. The molecule has 0 saturated carbocycles. The van der Waals surface area contributed by atoms with E-state index in [1.54, 1.807) is 17.8 Å². The number of aromatic nitrogens is 5. The van der Waals surface area contributed by atoms with Crippen LogP contribution in [0.4, 0.5) is 5.95 Å². The lowest BCUT2D eigenvalue weighted by atomic mass is 9.98. The third kappa shape index (κ3) is 2.94. The fourth-order valence-electron chi connectivity index (χ4n) is 2.47. The van der Waals surface area contributed by atoms with Crippen molar-refractivity contribution in [3.05, 3.63) is 23.3 Å². The Morgan fingerprint density at radius 3 is 2.86 bits per heavy atom. The van der Waals surface area contributed by atoms with Gasteiger partial charge in [-0.05, 0) is 38.9 Å². The quantitative estimate of drug-likeness (QED) is 0.767. The summed E-state index contributed by atoms with van der Waals surface area (Å²) in [6.45, 7) is 3.82. The molecule has 2 aromatic heterocycles. The van der Waals surface area contributed by atoms with Crippen LogP contribution in [0.3, 0.4) is 0 Å². The SMILES string of the molecule is Cc1cc(C(=O)Nc2nc(C3CCNCC3)nn2C)n[nH]1. The number of carbonyl (C=O) groups is 1. The molecule has 1 fully saturated rings. The first-order valence-corrected chi connectivity index (χ1v) is 7.08. The molecule has 8 heteroatoms. The summed E-state index contributed by atoms with van der Waals surface area (Å²) in [5.41, 5.74) is 1.19. The second kappa shape index (κ2) is 5.65. The van der Waals surface area contributed by atoms with E-state index in [0.29, 0.717) is 17.6 Å². The van der Waals surface area contributed by atoms with Crippen LogP contribution in [0.1, 0.15) is 40.8 Å². The Balaban J connectivity index is 1.73. The minimum atomic E-state index is -0.285. The molecule has 1 aliphatic heterocycles. The van der Waals surface area contributed by atoms with Crippen LogP contribution in [-0.4, -0.2) is 44.0 Å². The van der Waals surface area contributed by atoms with Gasteiger partial charge in [-0.3, -0.25) is 15.2 Å². The number of hydrogen-bond donors (Lipinski definition) is 3. The van der Waals surface area contributed by atoms with Crippen molar-refractivity contribution in [2.75, 3.05) is 18.4 Å². The summed E-state index contributed by atoms with van der Waals surface area (Å²) in [6, 6.07) is 1.69. The monoisotopic (exact) mass is 289 g/mol. The highest BCUT2D eigenvalue weighted by atomic mass is 16.2. The van der Waals surface area contributed by atoms with Crippen molar-refractivity contribution in [1.29, 1.82) is 0 Å². The number of H-pyrrole nitrogens is 1. The Bertz CT molecular complexity index is 639. The molecule has 0 aromatic carbocycles. The van der Waals surface area contributed by atoms with Crippen LogP contribution in [-0.2, 0) is 7.05 Å². The molecule has 2 aromatic rings. The van der Waals surface area contributed by atoms with Gasteiger partial charge in [0.15, 0.2) is 11.5 Å². The van der Waals surface area contributed by atoms with Crippen molar-refractivity contribution in [3.8, 4) is 0 Å². The standard InChI is InChI=1S/C13H19N7O/c1-8-7-10(18-17-8)12(21)16-13-15-11(19-20(13)2)9-3-5-14-6-4-9/h7,9,14H,3-6H2,1-2H3,(H,17,18)(H,15,16,19,21). The number of piperidine rings is 1. The van der Waals surface area contributed by atoms with Crippen LogP contribution in [0.2, 0.25) is 0 Å². The molecule has 0 aliphatic carbocycles. The van der Waals surface area contributed by atoms with E-state index in [1.807, 2.05) is 6.92 Å². The van der Waals surface area contributed by atoms with Gasteiger partial charge in [-0.15, -0.1) is 0 Å². The van der Waals surface area contributed by atoms with Gasteiger partial charge in [-0.1, -0.05) is 0 Å². The van der Waals surface area contributed by atoms with Crippen molar-refractivity contribution in [1.82, 2.24) is 30.3 Å². The Kier molecular flexibility index (Phi) is 3.70. The molecule has 0 atom stereocenters. The van der Waals surface area contributed by atoms with E-state index >= 15 is 0 Å². The minimum absolute atomic E-state index is 0.285. The van der Waals surface area contributed by atoms with E-state index in [4.69, 9.17) is 0 Å². The van der Waals surface area contributed by atoms with Crippen molar-refractivity contribution >= 4 is 11.9 Å². The first-order chi connectivity index (χ1) is 10.1. The highest BCUT2D eigenvalue weighted by Gasteiger charge is 2.21. The molecule has 112 valence electrons. The Morgan fingerprint density at radius 1 is 1.43 bits per heavy atom. The molecule has 0 bridgehead atoms. The van der Waals surface area contributed by atoms with E-state index < -0.39 is 0 Å². The number of hydrogen-bond acceptors (Lipinski definition) is 5. The molecule has 3 heterocycles. The number of anilines is 1. The summed E-state index contributed by atoms with van der Waals surface area (Å²) in [6.07, 6.45) is 2.05. The molecule has 1 saturated heterocycles. The van der Waals surface area contributed by atoms with Crippen molar-refractivity contribution in [2.24, 2.45) is 7.05 Å². The Labute approximate surface area is 122 Å². The second-order valence-electron chi connectivity index (χ2n) is 5.33. The van der Waals surface area contributed by atoms with Crippen molar-refractivity contribution in [3.63, 3.8) is 0 Å². The summed E-state index contributed by atoms with van der Waals surface area (Å²) >= 11 is 0. The van der Waals surface area contributed by atoms with Gasteiger partial charge in [0, 0.05) is 18.7 Å². The van der Waals surface area contributed by atoms with Crippen LogP contribution in [0.15, 0.2) is 6.07 Å². The molecule has 3 N–H and O–H groups in total. The number of nitrogens with zero attached hydrogens (tertiary/aromatic N) is 4. The van der Waals surface area contributed by atoms with Gasteiger partial charge in [0.1, 0.15) is 0 Å². The van der Waals surface area contributed by atoms with Gasteiger partial charge < -0.3 is 5.32 Å². The highest BCUT2D eigenvalue weighted by Crippen LogP contribution is 2.23. The molecule has 0 radical (unpaired) electrons. The van der Waals surface area contributed by atoms with E-state index in [0.717, 1.165) is 37.4 Å². The van der Waals surface area contributed by atoms with E-state index in [1.165, 1.54) is 0 Å². The minimum Gasteiger partial charge on any atom is -0.317 e. The first kappa shape index (κ1) is 13.7. The van der Waals surface area contributed by atoms with Crippen LogP contribution >= 0.6 is 0 Å². The van der Waals surface area contributed by atoms with Crippen LogP contribution in [0, 0.1) is 6.92 Å². The first-order valence-electron chi connectivity index (χ1n) is 7.08. The number of carbonyl (C=O) groups excluding carboxylic acids is 1. The van der Waals surface area contributed by atoms with Crippen LogP contribution < -0.4 is 10.6 Å². The zero-order chi connectivity index (χ0) is 14.8. The summed E-state index contributed by atoms with van der Waals surface area (Å²) in [7, 11) is 1.78. The number of rotatable bonds is 3. The summed E-state index contributed by atoms with van der Waals surface area (Å²) < 4.78 is 1.61. The maximum absolute atomic E-state index is 12.1. The van der Waals surface area contributed by atoms with Gasteiger partial charge in [0.05, 0.1) is 0 Å². The maximum atomic E-state index is 12.1. The number of aromatic amines is 1. The van der Waals surface area contributed by atoms with Gasteiger partial charge >= 0.3 is 0 Å². The van der Waals surface area contributed by atoms with E-state index in [2.05, 4.69) is 30.9 Å². The molecular formula is C13H19N7O. The zero-order valence-corrected chi connectivity index (χ0v) is 12.2. The van der Waals surface area contributed by atoms with Gasteiger partial charge in [0.2, 0.25) is 5.95 Å². The molecule has 1 aliphatic rings. The Hall–Kier alpha value is -2.22. The molecule has 0 unspecified atom stereocenters. The van der Waals surface area contributed by atoms with E-state index in [9.17, 15) is 4.79 Å². The number of aryl methyl sites for hydroxylation is 2. The largest absolute Gasteiger partial charge is 0.317 e. The fourth-order valence-corrected chi connectivity index (χ4v) is 2.47. The smallest absolute Gasteiger partial charge is 0.278 e. The normalized spacial score (nSPS) is 16.1. The van der Waals surface area contributed by atoms with E-state index in [-0.39, 0.29) is 5.91 Å². The lowest BCUT2D eigenvalue weighted by Gasteiger charge is -2.19. The molecule has 1 amide bonds. The molecule has 8 nitrogen and oxygen atoms in total. The van der Waals surface area contributed by atoms with Crippen molar-refractivity contribution < 1.29 is 4.79 Å². The van der Waals surface area contributed by atoms with Crippen LogP contribution in [0.5, 0.6) is 0 Å². The predicted octanol–water partition coefficient (Wildman–Crippen LogP) is 0.566. The molecule has 0 spiro atoms. The maximum Gasteiger partial charge on any atom is 0.278 e. The van der Waals surface area contributed by atoms with Gasteiger partial charge in [-0.2, -0.15) is 15.2 Å². The fraction of sp³-hybridized carbons (Fsp3) is 0.538. The summed E-state index contributed by atoms with van der Waals surface area (Å²) in [4.78, 5) is 16.5. The molecule has 21 heavy (non-hydrogen) atoms. The summed E-state index contributed by atoms with van der Waals surface area (Å²) in [5.74, 6) is 1.32.